The molecule has 0 saturated carbocycles. The summed E-state index contributed by atoms with van der Waals surface area (Å²) >= 11 is 1.74. The zero-order valence-corrected chi connectivity index (χ0v) is 13.8. The van der Waals surface area contributed by atoms with E-state index in [1.807, 2.05) is 30.3 Å². The first-order valence-electron chi connectivity index (χ1n) is 7.67. The fraction of sp³-hybridized carbons (Fsp3) is 0.222. The van der Waals surface area contributed by atoms with Gasteiger partial charge in [0.25, 0.3) is 5.91 Å². The molecule has 0 aliphatic rings. The molecule has 1 N–H and O–H groups in total. The van der Waals surface area contributed by atoms with Crippen molar-refractivity contribution in [1.82, 2.24) is 15.1 Å². The minimum absolute atomic E-state index is 0.0873. The van der Waals surface area contributed by atoms with Crippen molar-refractivity contribution in [3.05, 3.63) is 75.7 Å². The molecule has 3 aromatic rings. The third-order valence-electron chi connectivity index (χ3n) is 3.57. The molecule has 3 rings (SSSR count). The lowest BCUT2D eigenvalue weighted by Crippen LogP contribution is -2.21. The Balaban J connectivity index is 1.57. The summed E-state index contributed by atoms with van der Waals surface area (Å²) in [6.45, 7) is 3.36. The zero-order chi connectivity index (χ0) is 16.1. The van der Waals surface area contributed by atoms with Crippen LogP contribution in [0.1, 0.15) is 32.6 Å². The van der Waals surface area contributed by atoms with E-state index in [1.165, 1.54) is 9.75 Å². The van der Waals surface area contributed by atoms with Gasteiger partial charge in [-0.25, -0.2) is 0 Å². The monoisotopic (exact) mass is 325 g/mol. The Bertz CT molecular complexity index is 776. The van der Waals surface area contributed by atoms with Gasteiger partial charge in [0.05, 0.1) is 24.8 Å². The highest BCUT2D eigenvalue weighted by molar-refractivity contribution is 7.11. The number of hydrogen-bond donors (Lipinski definition) is 1. The number of nitrogens with zero attached hydrogens (tertiary/aromatic N) is 2. The van der Waals surface area contributed by atoms with Crippen molar-refractivity contribution in [3.8, 4) is 0 Å². The van der Waals surface area contributed by atoms with E-state index in [0.29, 0.717) is 18.7 Å². The summed E-state index contributed by atoms with van der Waals surface area (Å²) in [6, 6.07) is 14.3. The first-order chi connectivity index (χ1) is 11.2. The van der Waals surface area contributed by atoms with Gasteiger partial charge in [0, 0.05) is 16.0 Å². The fourth-order valence-corrected chi connectivity index (χ4v) is 3.21. The van der Waals surface area contributed by atoms with Crippen molar-refractivity contribution in [2.45, 2.75) is 26.4 Å². The Kier molecular flexibility index (Phi) is 4.88. The summed E-state index contributed by atoms with van der Waals surface area (Å²) < 4.78 is 1.78. The third-order valence-corrected chi connectivity index (χ3v) is 4.80. The van der Waals surface area contributed by atoms with Gasteiger partial charge < -0.3 is 5.32 Å². The number of thiophene rings is 1. The predicted molar refractivity (Wildman–Crippen MR) is 92.6 cm³/mol. The van der Waals surface area contributed by atoms with Gasteiger partial charge in [-0.2, -0.15) is 5.10 Å². The standard InChI is InChI=1S/C18H19N3OS/c1-2-16-8-9-17(23-16)11-19-18(22)15-10-20-21(13-15)12-14-6-4-3-5-7-14/h3-10,13H,2,11-12H2,1H3,(H,19,22). The average Bonchev–Trinajstić information content (AvgIpc) is 3.23. The van der Waals surface area contributed by atoms with Gasteiger partial charge in [-0.1, -0.05) is 37.3 Å². The van der Waals surface area contributed by atoms with E-state index in [0.717, 1.165) is 12.0 Å². The molecule has 1 aromatic carbocycles. The third kappa shape index (κ3) is 4.07. The molecule has 0 aliphatic carbocycles. The van der Waals surface area contributed by atoms with Crippen LogP contribution < -0.4 is 5.32 Å². The van der Waals surface area contributed by atoms with Crippen molar-refractivity contribution >= 4 is 17.2 Å². The average molecular weight is 325 g/mol. The lowest BCUT2D eigenvalue weighted by molar-refractivity contribution is 0.0951. The summed E-state index contributed by atoms with van der Waals surface area (Å²) in [6.07, 6.45) is 4.43. The Labute approximate surface area is 139 Å². The largest absolute Gasteiger partial charge is 0.347 e. The number of aryl methyl sites for hydroxylation is 1. The second-order valence-electron chi connectivity index (χ2n) is 5.32. The molecular formula is C18H19N3OS. The number of benzene rings is 1. The molecule has 0 atom stereocenters. The number of rotatable bonds is 6. The summed E-state index contributed by atoms with van der Waals surface area (Å²) in [4.78, 5) is 14.7. The SMILES string of the molecule is CCc1ccc(CNC(=O)c2cnn(Cc3ccccc3)c2)s1. The molecule has 0 bridgehead atoms. The second-order valence-corrected chi connectivity index (χ2v) is 6.57. The van der Waals surface area contributed by atoms with Crippen LogP contribution in [0, 0.1) is 0 Å². The molecular weight excluding hydrogens is 306 g/mol. The summed E-state index contributed by atoms with van der Waals surface area (Å²) in [5.41, 5.74) is 1.75. The zero-order valence-electron chi connectivity index (χ0n) is 13.0. The van der Waals surface area contributed by atoms with Gasteiger partial charge >= 0.3 is 0 Å². The quantitative estimate of drug-likeness (QED) is 0.754. The summed E-state index contributed by atoms with van der Waals surface area (Å²) in [5, 5.41) is 7.21. The van der Waals surface area contributed by atoms with E-state index >= 15 is 0 Å². The maximum Gasteiger partial charge on any atom is 0.254 e. The predicted octanol–water partition coefficient (Wildman–Crippen LogP) is 3.49. The van der Waals surface area contributed by atoms with Gasteiger partial charge in [0.1, 0.15) is 0 Å². The first kappa shape index (κ1) is 15.5. The molecule has 0 radical (unpaired) electrons. The topological polar surface area (TPSA) is 46.9 Å². The molecule has 5 heteroatoms. The van der Waals surface area contributed by atoms with Crippen LogP contribution in [0.25, 0.3) is 0 Å². The summed E-state index contributed by atoms with van der Waals surface area (Å²) in [7, 11) is 0. The second kappa shape index (κ2) is 7.24. The normalized spacial score (nSPS) is 10.7. The Hall–Kier alpha value is -2.40. The smallest absolute Gasteiger partial charge is 0.254 e. The highest BCUT2D eigenvalue weighted by Gasteiger charge is 2.09. The van der Waals surface area contributed by atoms with E-state index in [2.05, 4.69) is 29.5 Å². The molecule has 1 amide bonds. The van der Waals surface area contributed by atoms with Gasteiger partial charge in [0.2, 0.25) is 0 Å². The van der Waals surface area contributed by atoms with Crippen molar-refractivity contribution in [2.75, 3.05) is 0 Å². The minimum atomic E-state index is -0.0873. The number of carbonyl (C=O) groups is 1. The van der Waals surface area contributed by atoms with Crippen molar-refractivity contribution in [3.63, 3.8) is 0 Å². The van der Waals surface area contributed by atoms with Crippen molar-refractivity contribution in [1.29, 1.82) is 0 Å². The Morgan fingerprint density at radius 2 is 1.96 bits per heavy atom. The maximum atomic E-state index is 12.2. The van der Waals surface area contributed by atoms with Crippen LogP contribution in [0.4, 0.5) is 0 Å². The molecule has 2 aromatic heterocycles. The van der Waals surface area contributed by atoms with Gasteiger partial charge in [-0.05, 0) is 24.1 Å². The molecule has 4 nitrogen and oxygen atoms in total. The van der Waals surface area contributed by atoms with Gasteiger partial charge in [-0.15, -0.1) is 11.3 Å². The molecule has 0 saturated heterocycles. The number of amides is 1. The number of hydrogen-bond acceptors (Lipinski definition) is 3. The number of nitrogens with one attached hydrogen (secondary N) is 1. The molecule has 0 spiro atoms. The molecule has 2 heterocycles. The van der Waals surface area contributed by atoms with Crippen molar-refractivity contribution in [2.24, 2.45) is 0 Å². The van der Waals surface area contributed by atoms with Crippen LogP contribution in [0.3, 0.4) is 0 Å². The summed E-state index contributed by atoms with van der Waals surface area (Å²) in [5.74, 6) is -0.0873. The van der Waals surface area contributed by atoms with E-state index in [1.54, 1.807) is 28.4 Å². The van der Waals surface area contributed by atoms with Crippen LogP contribution in [0.2, 0.25) is 0 Å². The Morgan fingerprint density at radius 1 is 1.17 bits per heavy atom. The lowest BCUT2D eigenvalue weighted by Gasteiger charge is -2.02. The molecule has 0 unspecified atom stereocenters. The first-order valence-corrected chi connectivity index (χ1v) is 8.48. The minimum Gasteiger partial charge on any atom is -0.347 e. The maximum absolute atomic E-state index is 12.2. The van der Waals surface area contributed by atoms with Gasteiger partial charge in [-0.3, -0.25) is 9.48 Å². The molecule has 0 aliphatic heterocycles. The molecule has 0 fully saturated rings. The van der Waals surface area contributed by atoms with Crippen LogP contribution in [-0.2, 0) is 19.5 Å². The van der Waals surface area contributed by atoms with Crippen LogP contribution in [-0.4, -0.2) is 15.7 Å². The van der Waals surface area contributed by atoms with Gasteiger partial charge in [0.15, 0.2) is 0 Å². The van der Waals surface area contributed by atoms with E-state index in [-0.39, 0.29) is 5.91 Å². The van der Waals surface area contributed by atoms with E-state index in [4.69, 9.17) is 0 Å². The molecule has 118 valence electrons. The van der Waals surface area contributed by atoms with Crippen LogP contribution in [0.5, 0.6) is 0 Å². The Morgan fingerprint density at radius 3 is 2.70 bits per heavy atom. The van der Waals surface area contributed by atoms with Crippen LogP contribution >= 0.6 is 11.3 Å². The van der Waals surface area contributed by atoms with E-state index < -0.39 is 0 Å². The number of carbonyl (C=O) groups excluding carboxylic acids is 1. The number of aromatic nitrogens is 2. The lowest BCUT2D eigenvalue weighted by atomic mass is 10.2. The van der Waals surface area contributed by atoms with Crippen molar-refractivity contribution < 1.29 is 4.79 Å². The van der Waals surface area contributed by atoms with Crippen LogP contribution in [0.15, 0.2) is 54.9 Å². The van der Waals surface area contributed by atoms with E-state index in [9.17, 15) is 4.79 Å². The fourth-order valence-electron chi connectivity index (χ4n) is 2.31. The highest BCUT2D eigenvalue weighted by Crippen LogP contribution is 2.16. The highest BCUT2D eigenvalue weighted by atomic mass is 32.1. The molecule has 23 heavy (non-hydrogen) atoms.